The van der Waals surface area contributed by atoms with Crippen molar-refractivity contribution in [3.05, 3.63) is 35.9 Å². The fraction of sp³-hybridized carbons (Fsp3) is 0. The van der Waals surface area contributed by atoms with E-state index in [1.807, 2.05) is 30.3 Å². The van der Waals surface area contributed by atoms with Crippen molar-refractivity contribution < 1.29 is 13.3 Å². The first-order chi connectivity index (χ1) is 4.79. The quantitative estimate of drug-likeness (QED) is 0.630. The summed E-state index contributed by atoms with van der Waals surface area (Å²) < 4.78 is 2.98. The van der Waals surface area contributed by atoms with Gasteiger partial charge >= 0.3 is 73.0 Å². The van der Waals surface area contributed by atoms with E-state index in [0.717, 1.165) is 5.56 Å². The average molecular weight is 261 g/mol. The molecule has 0 aliphatic carbocycles. The number of hydrogen-bond acceptors (Lipinski definition) is 0. The van der Waals surface area contributed by atoms with Crippen LogP contribution in [0.1, 0.15) is 5.56 Å². The van der Waals surface area contributed by atoms with E-state index in [1.54, 1.807) is 0 Å². The second-order valence-electron chi connectivity index (χ2n) is 1.64. The summed E-state index contributed by atoms with van der Waals surface area (Å²) >= 11 is -1.74. The molecule has 0 heterocycles. The molecule has 0 aromatic heterocycles. The Morgan fingerprint density at radius 3 is 2.20 bits per heavy atom. The van der Waals surface area contributed by atoms with Crippen LogP contribution in [0.15, 0.2) is 30.3 Å². The summed E-state index contributed by atoms with van der Waals surface area (Å²) in [6.45, 7) is 0. The molecule has 0 radical (unpaired) electrons. The third-order valence-electron chi connectivity index (χ3n) is 0.943. The standard InChI is InChI=1S/C7H5.2ClH.Ru/c1-7-5-3-2-4-6-7;;;/h2-6H;2*1H;/q;;;+1/p-2. The Labute approximate surface area is 72.9 Å². The SMILES string of the molecule is [Cl][Ru-]([Cl])#[C]c1ccccc1. The van der Waals surface area contributed by atoms with Crippen molar-refractivity contribution >= 4 is 19.4 Å². The van der Waals surface area contributed by atoms with Gasteiger partial charge in [0.15, 0.2) is 0 Å². The molecule has 1 aromatic rings. The molecule has 0 N–H and O–H groups in total. The summed E-state index contributed by atoms with van der Waals surface area (Å²) in [4.78, 5) is 0. The summed E-state index contributed by atoms with van der Waals surface area (Å²) in [5.41, 5.74) is 0.992. The van der Waals surface area contributed by atoms with Crippen LogP contribution in [-0.4, -0.2) is 0 Å². The van der Waals surface area contributed by atoms with Crippen LogP contribution in [0.3, 0.4) is 0 Å². The van der Waals surface area contributed by atoms with E-state index in [9.17, 15) is 0 Å². The van der Waals surface area contributed by atoms with Crippen LogP contribution in [0.25, 0.3) is 0 Å². The van der Waals surface area contributed by atoms with E-state index in [1.165, 1.54) is 0 Å². The van der Waals surface area contributed by atoms with Crippen molar-refractivity contribution in [2.75, 3.05) is 0 Å². The molecule has 0 atom stereocenters. The Hall–Kier alpha value is 0.203. The summed E-state index contributed by atoms with van der Waals surface area (Å²) in [7, 11) is 11.2. The summed E-state index contributed by atoms with van der Waals surface area (Å²) in [5, 5.41) is 0. The van der Waals surface area contributed by atoms with Crippen molar-refractivity contribution in [1.29, 1.82) is 0 Å². The molecule has 0 aliphatic heterocycles. The van der Waals surface area contributed by atoms with Crippen molar-refractivity contribution in [3.63, 3.8) is 0 Å². The number of benzene rings is 1. The third kappa shape index (κ3) is 2.86. The Morgan fingerprint density at radius 2 is 1.70 bits per heavy atom. The molecular weight excluding hydrogens is 256 g/mol. The summed E-state index contributed by atoms with van der Waals surface area (Å²) in [6, 6.07) is 9.70. The first kappa shape index (κ1) is 8.30. The molecule has 1 aromatic carbocycles. The second-order valence-corrected chi connectivity index (χ2v) is 6.95. The Bertz CT molecular complexity index is 275. The molecule has 0 spiro atoms. The van der Waals surface area contributed by atoms with Crippen LogP contribution in [0.2, 0.25) is 0 Å². The van der Waals surface area contributed by atoms with Gasteiger partial charge in [-0.25, -0.2) is 0 Å². The van der Waals surface area contributed by atoms with Gasteiger partial charge in [-0.15, -0.1) is 0 Å². The summed E-state index contributed by atoms with van der Waals surface area (Å²) in [6.07, 6.45) is 0. The zero-order valence-electron chi connectivity index (χ0n) is 5.00. The van der Waals surface area contributed by atoms with Gasteiger partial charge in [0.1, 0.15) is 0 Å². The fourth-order valence-corrected chi connectivity index (χ4v) is 2.16. The van der Waals surface area contributed by atoms with Crippen molar-refractivity contribution in [1.82, 2.24) is 0 Å². The second kappa shape index (κ2) is 4.16. The molecule has 0 saturated heterocycles. The summed E-state index contributed by atoms with van der Waals surface area (Å²) in [5.74, 6) is 0. The third-order valence-corrected chi connectivity index (χ3v) is 2.56. The van der Waals surface area contributed by atoms with Crippen LogP contribution >= 0.6 is 19.4 Å². The molecule has 0 saturated carbocycles. The van der Waals surface area contributed by atoms with Crippen molar-refractivity contribution in [2.45, 2.75) is 0 Å². The molecule has 0 bridgehead atoms. The van der Waals surface area contributed by atoms with Crippen LogP contribution in [0.5, 0.6) is 0 Å². The van der Waals surface area contributed by atoms with Crippen LogP contribution in [0, 0.1) is 4.41 Å². The Balaban J connectivity index is 2.98. The minimum atomic E-state index is -1.74. The molecule has 0 aliphatic rings. The fourth-order valence-electron chi connectivity index (χ4n) is 0.574. The maximum atomic E-state index is 5.61. The predicted molar refractivity (Wildman–Crippen MR) is 41.1 cm³/mol. The van der Waals surface area contributed by atoms with Crippen LogP contribution in [-0.2, 0) is 13.3 Å². The molecule has 3 heteroatoms. The zero-order valence-corrected chi connectivity index (χ0v) is 8.25. The number of rotatable bonds is 0. The van der Waals surface area contributed by atoms with E-state index in [4.69, 9.17) is 19.4 Å². The number of halogens is 2. The minimum absolute atomic E-state index is 0.992. The molecule has 0 fully saturated rings. The predicted octanol–water partition coefficient (Wildman–Crippen LogP) is 2.92. The van der Waals surface area contributed by atoms with E-state index in [-0.39, 0.29) is 0 Å². The maximum absolute atomic E-state index is 5.61. The molecule has 1 rings (SSSR count). The van der Waals surface area contributed by atoms with Crippen LogP contribution < -0.4 is 0 Å². The Morgan fingerprint density at radius 1 is 1.10 bits per heavy atom. The van der Waals surface area contributed by atoms with Gasteiger partial charge in [-0.05, 0) is 0 Å². The number of hydrogen-bond donors (Lipinski definition) is 0. The van der Waals surface area contributed by atoms with Gasteiger partial charge in [0, 0.05) is 0 Å². The topological polar surface area (TPSA) is 0 Å². The van der Waals surface area contributed by atoms with E-state index >= 15 is 0 Å². The molecule has 0 nitrogen and oxygen atoms in total. The molecular formula is C7H5Cl2Ru-. The monoisotopic (exact) mass is 261 g/mol. The first-order valence-electron chi connectivity index (χ1n) is 2.60. The van der Waals surface area contributed by atoms with Gasteiger partial charge in [-0.1, -0.05) is 0 Å². The van der Waals surface area contributed by atoms with Gasteiger partial charge in [-0.3, -0.25) is 0 Å². The molecule has 56 valence electrons. The van der Waals surface area contributed by atoms with E-state index < -0.39 is 13.3 Å². The zero-order chi connectivity index (χ0) is 7.40. The van der Waals surface area contributed by atoms with Gasteiger partial charge in [0.05, 0.1) is 0 Å². The van der Waals surface area contributed by atoms with Gasteiger partial charge in [0.2, 0.25) is 0 Å². The Kier molecular flexibility index (Phi) is 3.45. The van der Waals surface area contributed by atoms with Crippen molar-refractivity contribution in [2.24, 2.45) is 0 Å². The van der Waals surface area contributed by atoms with E-state index in [2.05, 4.69) is 4.41 Å². The van der Waals surface area contributed by atoms with E-state index in [0.29, 0.717) is 0 Å². The normalized spacial score (nSPS) is 10.4. The average Bonchev–Trinajstić information content (AvgIpc) is 1.88. The van der Waals surface area contributed by atoms with Crippen molar-refractivity contribution in [3.8, 4) is 4.41 Å². The molecule has 0 amide bonds. The van der Waals surface area contributed by atoms with Gasteiger partial charge in [-0.2, -0.15) is 0 Å². The first-order valence-corrected chi connectivity index (χ1v) is 7.95. The molecule has 10 heavy (non-hydrogen) atoms. The van der Waals surface area contributed by atoms with Gasteiger partial charge < -0.3 is 0 Å². The van der Waals surface area contributed by atoms with Crippen LogP contribution in [0.4, 0.5) is 0 Å². The molecule has 0 unspecified atom stereocenters. The van der Waals surface area contributed by atoms with Gasteiger partial charge in [0.25, 0.3) is 0 Å².